The van der Waals surface area contributed by atoms with E-state index in [1.807, 2.05) is 6.92 Å². The number of nitrogens with one attached hydrogen (secondary N) is 2. The normalized spacial score (nSPS) is 16.4. The SMILES string of the molecule is CCCNc1ncccc1S(=O)(=O)NCC1CCCC1. The lowest BCUT2D eigenvalue weighted by atomic mass is 10.1. The topological polar surface area (TPSA) is 71.1 Å². The minimum absolute atomic E-state index is 0.242. The van der Waals surface area contributed by atoms with E-state index in [4.69, 9.17) is 0 Å². The maximum Gasteiger partial charge on any atom is 0.244 e. The third-order valence-corrected chi connectivity index (χ3v) is 5.09. The third-order valence-electron chi connectivity index (χ3n) is 3.64. The van der Waals surface area contributed by atoms with Crippen molar-refractivity contribution in [3.63, 3.8) is 0 Å². The average Bonchev–Trinajstić information content (AvgIpc) is 2.97. The highest BCUT2D eigenvalue weighted by molar-refractivity contribution is 7.89. The van der Waals surface area contributed by atoms with Crippen molar-refractivity contribution in [3.05, 3.63) is 18.3 Å². The van der Waals surface area contributed by atoms with Crippen LogP contribution in [-0.4, -0.2) is 26.5 Å². The first kappa shape index (κ1) is 15.3. The molecule has 0 amide bonds. The first-order valence-corrected chi connectivity index (χ1v) is 8.80. The molecule has 1 fully saturated rings. The minimum Gasteiger partial charge on any atom is -0.369 e. The molecule has 20 heavy (non-hydrogen) atoms. The Bertz CT molecular complexity index is 525. The third kappa shape index (κ3) is 3.93. The molecular formula is C14H23N3O2S. The van der Waals surface area contributed by atoms with Gasteiger partial charge in [-0.05, 0) is 37.3 Å². The molecule has 1 heterocycles. The van der Waals surface area contributed by atoms with Crippen molar-refractivity contribution in [3.8, 4) is 0 Å². The minimum atomic E-state index is -3.48. The molecule has 5 nitrogen and oxygen atoms in total. The zero-order valence-electron chi connectivity index (χ0n) is 11.9. The standard InChI is InChI=1S/C14H23N3O2S/c1-2-9-15-14-13(8-5-10-16-14)20(18,19)17-11-12-6-3-4-7-12/h5,8,10,12,17H,2-4,6-7,9,11H2,1H3,(H,15,16). The maximum atomic E-state index is 12.4. The summed E-state index contributed by atoms with van der Waals surface area (Å²) in [5.74, 6) is 0.918. The van der Waals surface area contributed by atoms with Crippen molar-refractivity contribution in [2.24, 2.45) is 5.92 Å². The fourth-order valence-electron chi connectivity index (χ4n) is 2.50. The molecule has 1 saturated carbocycles. The molecule has 0 spiro atoms. The Morgan fingerprint density at radius 2 is 2.10 bits per heavy atom. The zero-order valence-corrected chi connectivity index (χ0v) is 12.7. The first-order valence-electron chi connectivity index (χ1n) is 7.32. The Kier molecular flexibility index (Phi) is 5.37. The van der Waals surface area contributed by atoms with Crippen LogP contribution in [0.1, 0.15) is 39.0 Å². The molecule has 0 bridgehead atoms. The van der Waals surface area contributed by atoms with Gasteiger partial charge in [-0.15, -0.1) is 0 Å². The van der Waals surface area contributed by atoms with Crippen LogP contribution in [0.2, 0.25) is 0 Å². The van der Waals surface area contributed by atoms with E-state index in [1.165, 1.54) is 12.8 Å². The Labute approximate surface area is 121 Å². The summed E-state index contributed by atoms with van der Waals surface area (Å²) in [7, 11) is -3.48. The highest BCUT2D eigenvalue weighted by Crippen LogP contribution is 2.25. The van der Waals surface area contributed by atoms with Crippen LogP contribution in [0.4, 0.5) is 5.82 Å². The number of aromatic nitrogens is 1. The highest BCUT2D eigenvalue weighted by atomic mass is 32.2. The van der Waals surface area contributed by atoms with Gasteiger partial charge in [-0.2, -0.15) is 0 Å². The van der Waals surface area contributed by atoms with E-state index < -0.39 is 10.0 Å². The Hall–Kier alpha value is -1.14. The van der Waals surface area contributed by atoms with Crippen LogP contribution in [0.15, 0.2) is 23.2 Å². The van der Waals surface area contributed by atoms with Crippen molar-refractivity contribution in [1.29, 1.82) is 0 Å². The molecule has 1 aliphatic rings. The second-order valence-electron chi connectivity index (χ2n) is 5.28. The van der Waals surface area contributed by atoms with E-state index in [0.717, 1.165) is 19.3 Å². The summed E-state index contributed by atoms with van der Waals surface area (Å²) in [4.78, 5) is 4.37. The number of rotatable bonds is 7. The quantitative estimate of drug-likeness (QED) is 0.810. The van der Waals surface area contributed by atoms with Gasteiger partial charge in [-0.3, -0.25) is 0 Å². The highest BCUT2D eigenvalue weighted by Gasteiger charge is 2.22. The number of anilines is 1. The molecule has 2 N–H and O–H groups in total. The lowest BCUT2D eigenvalue weighted by molar-refractivity contribution is 0.519. The van der Waals surface area contributed by atoms with Gasteiger partial charge in [0.1, 0.15) is 10.7 Å². The summed E-state index contributed by atoms with van der Waals surface area (Å²) < 4.78 is 27.5. The molecule has 1 aliphatic carbocycles. The number of sulfonamides is 1. The maximum absolute atomic E-state index is 12.4. The fourth-order valence-corrected chi connectivity index (χ4v) is 3.75. The summed E-state index contributed by atoms with van der Waals surface area (Å²) in [6.45, 7) is 3.27. The largest absolute Gasteiger partial charge is 0.369 e. The van der Waals surface area contributed by atoms with Crippen molar-refractivity contribution in [2.45, 2.75) is 43.9 Å². The summed E-state index contributed by atoms with van der Waals surface area (Å²) >= 11 is 0. The summed E-state index contributed by atoms with van der Waals surface area (Å²) in [6, 6.07) is 3.25. The van der Waals surface area contributed by atoms with Gasteiger partial charge in [0.25, 0.3) is 0 Å². The predicted octanol–water partition coefficient (Wildman–Crippen LogP) is 2.37. The Morgan fingerprint density at radius 3 is 2.80 bits per heavy atom. The fraction of sp³-hybridized carbons (Fsp3) is 0.643. The number of nitrogens with zero attached hydrogens (tertiary/aromatic N) is 1. The van der Waals surface area contributed by atoms with E-state index in [1.54, 1.807) is 18.3 Å². The Morgan fingerprint density at radius 1 is 1.35 bits per heavy atom. The van der Waals surface area contributed by atoms with Crippen molar-refractivity contribution in [2.75, 3.05) is 18.4 Å². The molecule has 0 saturated heterocycles. The number of pyridine rings is 1. The zero-order chi connectivity index (χ0) is 14.4. The molecule has 112 valence electrons. The van der Waals surface area contributed by atoms with Gasteiger partial charge < -0.3 is 5.32 Å². The van der Waals surface area contributed by atoms with E-state index in [-0.39, 0.29) is 4.90 Å². The van der Waals surface area contributed by atoms with Gasteiger partial charge in [0.2, 0.25) is 10.0 Å². The molecule has 0 aromatic carbocycles. The monoisotopic (exact) mass is 297 g/mol. The van der Waals surface area contributed by atoms with Crippen LogP contribution >= 0.6 is 0 Å². The van der Waals surface area contributed by atoms with Crippen LogP contribution in [0.3, 0.4) is 0 Å². The van der Waals surface area contributed by atoms with Gasteiger partial charge in [0.05, 0.1) is 0 Å². The smallest absolute Gasteiger partial charge is 0.244 e. The molecule has 0 aliphatic heterocycles. The van der Waals surface area contributed by atoms with E-state index >= 15 is 0 Å². The molecular weight excluding hydrogens is 274 g/mol. The van der Waals surface area contributed by atoms with Crippen LogP contribution in [0, 0.1) is 5.92 Å². The van der Waals surface area contributed by atoms with E-state index in [2.05, 4.69) is 15.0 Å². The van der Waals surface area contributed by atoms with Crippen molar-refractivity contribution >= 4 is 15.8 Å². The lowest BCUT2D eigenvalue weighted by Gasteiger charge is -2.14. The van der Waals surface area contributed by atoms with Crippen LogP contribution < -0.4 is 10.0 Å². The van der Waals surface area contributed by atoms with Gasteiger partial charge in [0, 0.05) is 19.3 Å². The van der Waals surface area contributed by atoms with Gasteiger partial charge in [-0.25, -0.2) is 18.1 Å². The van der Waals surface area contributed by atoms with Crippen LogP contribution in [0.25, 0.3) is 0 Å². The molecule has 0 unspecified atom stereocenters. The van der Waals surface area contributed by atoms with Crippen LogP contribution in [-0.2, 0) is 10.0 Å². The molecule has 1 aromatic heterocycles. The van der Waals surface area contributed by atoms with Crippen molar-refractivity contribution < 1.29 is 8.42 Å². The Balaban J connectivity index is 2.07. The van der Waals surface area contributed by atoms with Crippen LogP contribution in [0.5, 0.6) is 0 Å². The van der Waals surface area contributed by atoms with Crippen molar-refractivity contribution in [1.82, 2.24) is 9.71 Å². The predicted molar refractivity (Wildman–Crippen MR) is 80.2 cm³/mol. The molecule has 0 atom stereocenters. The summed E-state index contributed by atoms with van der Waals surface area (Å²) in [6.07, 6.45) is 7.19. The van der Waals surface area contributed by atoms with Gasteiger partial charge in [0.15, 0.2) is 0 Å². The molecule has 2 rings (SSSR count). The second-order valence-corrected chi connectivity index (χ2v) is 7.01. The molecule has 0 radical (unpaired) electrons. The summed E-state index contributed by atoms with van der Waals surface area (Å²) in [5.41, 5.74) is 0. The summed E-state index contributed by atoms with van der Waals surface area (Å²) in [5, 5.41) is 3.07. The average molecular weight is 297 g/mol. The molecule has 6 heteroatoms. The second kappa shape index (κ2) is 7.04. The first-order chi connectivity index (χ1) is 9.63. The van der Waals surface area contributed by atoms with Gasteiger partial charge >= 0.3 is 0 Å². The molecule has 1 aromatic rings. The number of hydrogen-bond acceptors (Lipinski definition) is 4. The van der Waals surface area contributed by atoms with E-state index in [0.29, 0.717) is 24.8 Å². The number of hydrogen-bond donors (Lipinski definition) is 2. The van der Waals surface area contributed by atoms with E-state index in [9.17, 15) is 8.42 Å². The lowest BCUT2D eigenvalue weighted by Crippen LogP contribution is -2.29. The van der Waals surface area contributed by atoms with Gasteiger partial charge in [-0.1, -0.05) is 19.8 Å².